The van der Waals surface area contributed by atoms with Gasteiger partial charge in [-0.2, -0.15) is 0 Å². The number of para-hydroxylation sites is 1. The topological polar surface area (TPSA) is 9.86 Å². The lowest BCUT2D eigenvalue weighted by molar-refractivity contribution is 0.837. The van der Waals surface area contributed by atoms with Gasteiger partial charge in [-0.3, -0.25) is 0 Å². The summed E-state index contributed by atoms with van der Waals surface area (Å²) in [5.41, 5.74) is 16.4. The summed E-state index contributed by atoms with van der Waals surface area (Å²) >= 11 is 4.12. The summed E-state index contributed by atoms with van der Waals surface area (Å²) in [5.74, 6) is 0.415. The van der Waals surface area contributed by atoms with Crippen molar-refractivity contribution in [3.05, 3.63) is 166 Å². The molecule has 0 fully saturated rings. The second-order valence-electron chi connectivity index (χ2n) is 14.8. The molecule has 0 radical (unpaired) electrons. The lowest BCUT2D eigenvalue weighted by Crippen LogP contribution is -2.11. The van der Waals surface area contributed by atoms with Gasteiger partial charge in [-0.1, -0.05) is 91.1 Å². The first-order chi connectivity index (χ1) is 25.8. The highest BCUT2D eigenvalue weighted by molar-refractivity contribution is 8.04. The Morgan fingerprint density at radius 3 is 2.38 bits per heavy atom. The van der Waals surface area contributed by atoms with E-state index in [9.17, 15) is 0 Å². The van der Waals surface area contributed by atoms with E-state index in [0.29, 0.717) is 16.4 Å². The number of thioether (sulfide) groups is 2. The Kier molecular flexibility index (Phi) is 6.44. The molecule has 0 spiro atoms. The van der Waals surface area contributed by atoms with Crippen molar-refractivity contribution in [2.75, 3.05) is 0 Å². The number of nitrogens with zero attached hydrogens (tertiary/aromatic N) is 2. The van der Waals surface area contributed by atoms with Gasteiger partial charge in [0.05, 0.1) is 27.9 Å². The molecule has 4 aromatic carbocycles. The van der Waals surface area contributed by atoms with E-state index < -0.39 is 0 Å². The van der Waals surface area contributed by atoms with Gasteiger partial charge in [0.1, 0.15) is 0 Å². The zero-order chi connectivity index (χ0) is 33.9. The summed E-state index contributed by atoms with van der Waals surface area (Å²) in [6.45, 7) is 0. The second-order valence-corrected chi connectivity index (χ2v) is 17.4. The zero-order valence-corrected chi connectivity index (χ0v) is 30.4. The smallest absolute Gasteiger partial charge is 0.0541 e. The first-order valence-electron chi connectivity index (χ1n) is 18.8. The van der Waals surface area contributed by atoms with Crippen molar-refractivity contribution in [1.82, 2.24) is 9.13 Å². The van der Waals surface area contributed by atoms with Gasteiger partial charge in [-0.15, -0.1) is 23.5 Å². The number of benzene rings is 4. The van der Waals surface area contributed by atoms with Crippen molar-refractivity contribution in [3.8, 4) is 16.8 Å². The number of rotatable bonds is 3. The second kappa shape index (κ2) is 11.3. The lowest BCUT2D eigenvalue weighted by atomic mass is 9.91. The Morgan fingerprint density at radius 2 is 1.44 bits per heavy atom. The number of hydrogen-bond acceptors (Lipinski definition) is 2. The molecular weight excluding hydrogens is 669 g/mol. The van der Waals surface area contributed by atoms with Gasteiger partial charge in [0.2, 0.25) is 0 Å². The largest absolute Gasteiger partial charge is 0.313 e. The fourth-order valence-corrected chi connectivity index (χ4v) is 12.6. The molecule has 2 nitrogen and oxygen atoms in total. The van der Waals surface area contributed by atoms with E-state index in [-0.39, 0.29) is 0 Å². The fourth-order valence-electron chi connectivity index (χ4n) is 9.83. The molecule has 0 bridgehead atoms. The molecule has 0 N–H and O–H groups in total. The molecule has 0 saturated carbocycles. The van der Waals surface area contributed by atoms with Gasteiger partial charge >= 0.3 is 0 Å². The molecule has 0 saturated heterocycles. The normalized spacial score (nSPS) is 22.5. The van der Waals surface area contributed by atoms with E-state index in [1.54, 1.807) is 4.91 Å². The van der Waals surface area contributed by atoms with E-state index in [2.05, 4.69) is 161 Å². The first kappa shape index (κ1) is 29.7. The standard InChI is InChI=1S/C48H36N2S2/c1-5-15-37-31(11-1)35-27-29(23-25-39(35)49(37)41-17-9-21-45-47(41)33-13-3-7-19-43(33)51-45)30-24-26-40-36(28-30)32-12-2-6-16-38(32)50(40)42-18-10-22-46-48(42)34-14-4-8-20-44(34)52-46/h1-5,8-15,17-18,20,22-28,34,44-45H,6-7,16,19,21H2. The van der Waals surface area contributed by atoms with Crippen molar-refractivity contribution in [2.45, 2.75) is 53.4 Å². The van der Waals surface area contributed by atoms with Gasteiger partial charge in [0, 0.05) is 48.7 Å². The van der Waals surface area contributed by atoms with Crippen LogP contribution in [0.25, 0.3) is 61.3 Å². The molecule has 0 amide bonds. The molecule has 2 aliphatic heterocycles. The molecule has 6 aromatic rings. The summed E-state index contributed by atoms with van der Waals surface area (Å²) in [5, 5.41) is 4.97. The molecule has 6 aliphatic rings. The monoisotopic (exact) mass is 704 g/mol. The SMILES string of the molecule is C1=CC2Sc3cccc(-n4c5c(c6cc(-c7ccc8c(c7)c7ccccc7n8C7=C8C9=C(CCC=C9)SC8CC=C7)ccc64)C=CCC5)c3C2C=C1. The maximum absolute atomic E-state index is 2.60. The van der Waals surface area contributed by atoms with Crippen LogP contribution in [0.5, 0.6) is 0 Å². The lowest BCUT2D eigenvalue weighted by Gasteiger charge is -2.22. The Balaban J connectivity index is 1.03. The van der Waals surface area contributed by atoms with E-state index in [0.717, 1.165) is 25.7 Å². The summed E-state index contributed by atoms with van der Waals surface area (Å²) in [4.78, 5) is 3.00. The molecule has 3 atom stereocenters. The van der Waals surface area contributed by atoms with Crippen molar-refractivity contribution >= 4 is 68.0 Å². The quantitative estimate of drug-likeness (QED) is 0.181. The van der Waals surface area contributed by atoms with Crippen molar-refractivity contribution in [1.29, 1.82) is 0 Å². The van der Waals surface area contributed by atoms with Crippen LogP contribution in [0.15, 0.2) is 154 Å². The first-order valence-corrected chi connectivity index (χ1v) is 20.6. The number of fused-ring (bicyclic) bond motifs is 11. The average molecular weight is 705 g/mol. The van der Waals surface area contributed by atoms with E-state index >= 15 is 0 Å². The molecule has 52 heavy (non-hydrogen) atoms. The van der Waals surface area contributed by atoms with Gasteiger partial charge in [0.25, 0.3) is 0 Å². The molecule has 4 aliphatic carbocycles. The molecule has 12 rings (SSSR count). The number of aromatic nitrogens is 2. The number of hydrogen-bond donors (Lipinski definition) is 0. The van der Waals surface area contributed by atoms with Crippen LogP contribution in [0.1, 0.15) is 48.4 Å². The summed E-state index contributed by atoms with van der Waals surface area (Å²) in [7, 11) is 0. The minimum absolute atomic E-state index is 0.415. The summed E-state index contributed by atoms with van der Waals surface area (Å²) in [6.07, 6.45) is 29.1. The van der Waals surface area contributed by atoms with Crippen LogP contribution in [0.3, 0.4) is 0 Å². The minimum atomic E-state index is 0.415. The molecule has 3 unspecified atom stereocenters. The predicted molar refractivity (Wildman–Crippen MR) is 223 cm³/mol. The molecule has 250 valence electrons. The van der Waals surface area contributed by atoms with Gasteiger partial charge in [-0.05, 0) is 113 Å². The average Bonchev–Trinajstić information content (AvgIpc) is 3.95. The van der Waals surface area contributed by atoms with Crippen molar-refractivity contribution in [3.63, 3.8) is 0 Å². The van der Waals surface area contributed by atoms with Crippen molar-refractivity contribution in [2.24, 2.45) is 0 Å². The maximum Gasteiger partial charge on any atom is 0.0541 e. The van der Waals surface area contributed by atoms with Gasteiger partial charge in [0.15, 0.2) is 0 Å². The molecule has 4 heteroatoms. The van der Waals surface area contributed by atoms with Crippen LogP contribution in [-0.4, -0.2) is 19.6 Å². The Morgan fingerprint density at radius 1 is 0.635 bits per heavy atom. The highest BCUT2D eigenvalue weighted by atomic mass is 32.2. The predicted octanol–water partition coefficient (Wildman–Crippen LogP) is 12.9. The Bertz CT molecular complexity index is 2790. The van der Waals surface area contributed by atoms with Gasteiger partial charge < -0.3 is 9.13 Å². The summed E-state index contributed by atoms with van der Waals surface area (Å²) < 4.78 is 5.15. The minimum Gasteiger partial charge on any atom is -0.313 e. The third-order valence-electron chi connectivity index (χ3n) is 12.1. The van der Waals surface area contributed by atoms with E-state index in [1.165, 1.54) is 94.5 Å². The van der Waals surface area contributed by atoms with Gasteiger partial charge in [-0.25, -0.2) is 0 Å². The maximum atomic E-state index is 2.60. The van der Waals surface area contributed by atoms with Crippen LogP contribution >= 0.6 is 23.5 Å². The molecule has 4 heterocycles. The Hall–Kier alpha value is -4.90. The molecular formula is C48H36N2S2. The van der Waals surface area contributed by atoms with Crippen LogP contribution in [0.2, 0.25) is 0 Å². The highest BCUT2D eigenvalue weighted by Crippen LogP contribution is 2.53. The highest BCUT2D eigenvalue weighted by Gasteiger charge is 2.36. The van der Waals surface area contributed by atoms with Crippen LogP contribution in [-0.2, 0) is 6.42 Å². The Labute approximate surface area is 312 Å². The zero-order valence-electron chi connectivity index (χ0n) is 28.8. The van der Waals surface area contributed by atoms with Crippen LogP contribution in [0.4, 0.5) is 0 Å². The molecule has 2 aromatic heterocycles. The van der Waals surface area contributed by atoms with Crippen LogP contribution < -0.4 is 0 Å². The fraction of sp³-hybridized carbons (Fsp3) is 0.167. The van der Waals surface area contributed by atoms with E-state index in [4.69, 9.17) is 0 Å². The third-order valence-corrected chi connectivity index (χ3v) is 14.8. The number of allylic oxidation sites excluding steroid dienone is 11. The third kappa shape index (κ3) is 4.17. The van der Waals surface area contributed by atoms with Crippen LogP contribution in [0, 0.1) is 0 Å². The summed E-state index contributed by atoms with van der Waals surface area (Å²) in [6, 6.07) is 30.3. The van der Waals surface area contributed by atoms with E-state index in [1.807, 2.05) is 11.8 Å². The van der Waals surface area contributed by atoms with Crippen molar-refractivity contribution < 1.29 is 0 Å².